The molecule has 166 valence electrons. The SMILES string of the molecule is Nc1ccc(-c2c(F)cccc2F)nc1C(=O)Nc1cnccc1N1CC[C@H](O)[C@@H](N)C1. The van der Waals surface area contributed by atoms with Crippen molar-refractivity contribution in [3.8, 4) is 11.3 Å². The minimum absolute atomic E-state index is 0.0524. The predicted octanol–water partition coefficient (Wildman–Crippen LogP) is 2.15. The van der Waals surface area contributed by atoms with Gasteiger partial charge < -0.3 is 26.8 Å². The van der Waals surface area contributed by atoms with Gasteiger partial charge in [0.15, 0.2) is 5.69 Å². The van der Waals surface area contributed by atoms with E-state index in [1.54, 1.807) is 12.3 Å². The first-order chi connectivity index (χ1) is 15.3. The second kappa shape index (κ2) is 8.85. The van der Waals surface area contributed by atoms with Gasteiger partial charge in [-0.2, -0.15) is 0 Å². The summed E-state index contributed by atoms with van der Waals surface area (Å²) in [5, 5.41) is 12.6. The molecular weight excluding hydrogens is 418 g/mol. The van der Waals surface area contributed by atoms with E-state index < -0.39 is 29.7 Å². The molecule has 8 nitrogen and oxygen atoms in total. The van der Waals surface area contributed by atoms with Crippen LogP contribution in [0.2, 0.25) is 0 Å². The minimum Gasteiger partial charge on any atom is -0.397 e. The van der Waals surface area contributed by atoms with Gasteiger partial charge in [-0.15, -0.1) is 0 Å². The summed E-state index contributed by atoms with van der Waals surface area (Å²) >= 11 is 0. The average molecular weight is 440 g/mol. The molecule has 0 spiro atoms. The van der Waals surface area contributed by atoms with Gasteiger partial charge in [-0.3, -0.25) is 9.78 Å². The molecule has 0 saturated carbocycles. The number of amides is 1. The second-order valence-corrected chi connectivity index (χ2v) is 7.54. The zero-order valence-corrected chi connectivity index (χ0v) is 17.0. The van der Waals surface area contributed by atoms with Crippen LogP contribution in [0.3, 0.4) is 0 Å². The lowest BCUT2D eigenvalue weighted by atomic mass is 10.0. The van der Waals surface area contributed by atoms with Crippen molar-refractivity contribution in [3.05, 3.63) is 66.1 Å². The molecule has 0 aliphatic carbocycles. The highest BCUT2D eigenvalue weighted by atomic mass is 19.1. The summed E-state index contributed by atoms with van der Waals surface area (Å²) in [4.78, 5) is 23.1. The molecule has 1 aromatic carbocycles. The summed E-state index contributed by atoms with van der Waals surface area (Å²) in [6.07, 6.45) is 2.95. The van der Waals surface area contributed by atoms with Gasteiger partial charge in [0.05, 0.1) is 40.6 Å². The van der Waals surface area contributed by atoms with Gasteiger partial charge in [-0.05, 0) is 36.8 Å². The molecule has 1 aliphatic heterocycles. The summed E-state index contributed by atoms with van der Waals surface area (Å²) in [6.45, 7) is 0.945. The van der Waals surface area contributed by atoms with Crippen molar-refractivity contribution in [2.75, 3.05) is 29.0 Å². The van der Waals surface area contributed by atoms with E-state index in [1.807, 2.05) is 4.90 Å². The van der Waals surface area contributed by atoms with Crippen molar-refractivity contribution in [3.63, 3.8) is 0 Å². The van der Waals surface area contributed by atoms with Crippen LogP contribution < -0.4 is 21.7 Å². The monoisotopic (exact) mass is 440 g/mol. The third-order valence-electron chi connectivity index (χ3n) is 5.37. The fraction of sp³-hybridized carbons (Fsp3) is 0.227. The summed E-state index contributed by atoms with van der Waals surface area (Å²) in [5.41, 5.74) is 12.5. The summed E-state index contributed by atoms with van der Waals surface area (Å²) < 4.78 is 28.4. The number of nitrogens with one attached hydrogen (secondary N) is 1. The molecule has 0 bridgehead atoms. The topological polar surface area (TPSA) is 130 Å². The number of hydrogen-bond donors (Lipinski definition) is 4. The van der Waals surface area contributed by atoms with Gasteiger partial charge in [0.25, 0.3) is 5.91 Å². The number of carbonyl (C=O) groups is 1. The molecule has 2 atom stereocenters. The molecule has 4 rings (SSSR count). The maximum atomic E-state index is 14.2. The van der Waals surface area contributed by atoms with Crippen molar-refractivity contribution < 1.29 is 18.7 Å². The second-order valence-electron chi connectivity index (χ2n) is 7.54. The number of rotatable bonds is 4. The van der Waals surface area contributed by atoms with Gasteiger partial charge in [-0.25, -0.2) is 13.8 Å². The average Bonchev–Trinajstić information content (AvgIpc) is 2.77. The first-order valence-corrected chi connectivity index (χ1v) is 10.00. The van der Waals surface area contributed by atoms with E-state index in [0.29, 0.717) is 30.9 Å². The number of aromatic nitrogens is 2. The van der Waals surface area contributed by atoms with Crippen LogP contribution in [-0.4, -0.2) is 46.2 Å². The number of carbonyl (C=O) groups excluding carboxylic acids is 1. The molecule has 0 radical (unpaired) electrons. The van der Waals surface area contributed by atoms with Crippen molar-refractivity contribution in [1.29, 1.82) is 0 Å². The van der Waals surface area contributed by atoms with E-state index in [-0.39, 0.29) is 22.6 Å². The third kappa shape index (κ3) is 4.23. The third-order valence-corrected chi connectivity index (χ3v) is 5.37. The lowest BCUT2D eigenvalue weighted by molar-refractivity contribution is 0.102. The van der Waals surface area contributed by atoms with Gasteiger partial charge in [0.1, 0.15) is 11.6 Å². The van der Waals surface area contributed by atoms with Crippen LogP contribution in [0.1, 0.15) is 16.9 Å². The first kappa shape index (κ1) is 21.6. The maximum Gasteiger partial charge on any atom is 0.276 e. The molecule has 1 fully saturated rings. The Bertz CT molecular complexity index is 1140. The van der Waals surface area contributed by atoms with Gasteiger partial charge in [-0.1, -0.05) is 6.07 Å². The fourth-order valence-electron chi connectivity index (χ4n) is 3.66. The van der Waals surface area contributed by atoms with Crippen LogP contribution in [0.5, 0.6) is 0 Å². The number of pyridine rings is 2. The Hall–Kier alpha value is -3.63. The number of piperidine rings is 1. The fourth-order valence-corrected chi connectivity index (χ4v) is 3.66. The van der Waals surface area contributed by atoms with E-state index in [1.165, 1.54) is 24.4 Å². The zero-order valence-electron chi connectivity index (χ0n) is 17.0. The predicted molar refractivity (Wildman–Crippen MR) is 117 cm³/mol. The Morgan fingerprint density at radius 2 is 1.94 bits per heavy atom. The summed E-state index contributed by atoms with van der Waals surface area (Å²) in [6, 6.07) is 7.49. The number of nitrogens with zero attached hydrogens (tertiary/aromatic N) is 3. The Kier molecular flexibility index (Phi) is 5.97. The number of hydrogen-bond acceptors (Lipinski definition) is 7. The largest absolute Gasteiger partial charge is 0.397 e. The molecule has 3 heterocycles. The molecule has 1 saturated heterocycles. The van der Waals surface area contributed by atoms with Crippen molar-refractivity contribution >= 4 is 23.0 Å². The van der Waals surface area contributed by atoms with Gasteiger partial charge in [0.2, 0.25) is 0 Å². The first-order valence-electron chi connectivity index (χ1n) is 10.00. The molecule has 3 aromatic rings. The van der Waals surface area contributed by atoms with Crippen LogP contribution in [0, 0.1) is 11.6 Å². The van der Waals surface area contributed by atoms with Crippen LogP contribution in [-0.2, 0) is 0 Å². The van der Waals surface area contributed by atoms with E-state index >= 15 is 0 Å². The lowest BCUT2D eigenvalue weighted by Crippen LogP contribution is -2.51. The highest BCUT2D eigenvalue weighted by Crippen LogP contribution is 2.29. The standard InChI is InChI=1S/C22H22F2N6O2/c23-12-2-1-3-13(24)20(12)16-5-4-14(25)21(28-16)22(32)29-17-10-27-8-6-18(17)30-9-7-19(31)15(26)11-30/h1-6,8,10,15,19,31H,7,9,11,25-26H2,(H,29,32)/t15-,19-/m0/s1. The van der Waals surface area contributed by atoms with Crippen molar-refractivity contribution in [2.45, 2.75) is 18.6 Å². The zero-order chi connectivity index (χ0) is 22.8. The quantitative estimate of drug-likeness (QED) is 0.489. The van der Waals surface area contributed by atoms with Crippen LogP contribution in [0.15, 0.2) is 48.8 Å². The minimum atomic E-state index is -0.799. The van der Waals surface area contributed by atoms with E-state index in [9.17, 15) is 18.7 Å². The Balaban J connectivity index is 1.63. The number of halogens is 2. The summed E-state index contributed by atoms with van der Waals surface area (Å²) in [5.74, 6) is -2.25. The Labute approximate surface area is 182 Å². The van der Waals surface area contributed by atoms with Crippen LogP contribution >= 0.6 is 0 Å². The van der Waals surface area contributed by atoms with E-state index in [2.05, 4.69) is 15.3 Å². The Morgan fingerprint density at radius 3 is 2.66 bits per heavy atom. The molecular formula is C22H22F2N6O2. The molecule has 10 heteroatoms. The highest BCUT2D eigenvalue weighted by molar-refractivity contribution is 6.07. The number of aliphatic hydroxyl groups excluding tert-OH is 1. The molecule has 0 unspecified atom stereocenters. The van der Waals surface area contributed by atoms with E-state index in [0.717, 1.165) is 12.1 Å². The highest BCUT2D eigenvalue weighted by Gasteiger charge is 2.27. The molecule has 2 aromatic heterocycles. The number of nitrogen functional groups attached to an aromatic ring is 1. The van der Waals surface area contributed by atoms with Gasteiger partial charge >= 0.3 is 0 Å². The number of benzene rings is 1. The smallest absolute Gasteiger partial charge is 0.276 e. The van der Waals surface area contributed by atoms with Gasteiger partial charge in [0, 0.05) is 25.3 Å². The van der Waals surface area contributed by atoms with Crippen molar-refractivity contribution in [2.24, 2.45) is 5.73 Å². The number of nitrogens with two attached hydrogens (primary N) is 2. The number of anilines is 3. The van der Waals surface area contributed by atoms with Crippen molar-refractivity contribution in [1.82, 2.24) is 9.97 Å². The summed E-state index contributed by atoms with van der Waals surface area (Å²) in [7, 11) is 0. The number of aliphatic hydroxyl groups is 1. The Morgan fingerprint density at radius 1 is 1.19 bits per heavy atom. The maximum absolute atomic E-state index is 14.2. The van der Waals surface area contributed by atoms with E-state index in [4.69, 9.17) is 11.5 Å². The van der Waals surface area contributed by atoms with Crippen LogP contribution in [0.4, 0.5) is 25.8 Å². The van der Waals surface area contributed by atoms with Crippen LogP contribution in [0.25, 0.3) is 11.3 Å². The molecule has 32 heavy (non-hydrogen) atoms. The molecule has 1 amide bonds. The molecule has 6 N–H and O–H groups in total. The molecule has 1 aliphatic rings. The normalized spacial score (nSPS) is 18.4. The lowest BCUT2D eigenvalue weighted by Gasteiger charge is -2.36.